The molecular weight excluding hydrogens is 358 g/mol. The van der Waals surface area contributed by atoms with E-state index in [1.54, 1.807) is 17.8 Å². The standard InChI is InChI=1S/C21H23N3O2S/c25-20(22-14-7-15-27-16-8-2-1-3-9-16)13-6-12-19-23-18-11-5-4-10-17(18)21(26)24-19/h1-5,8-11H,6-7,12-15H2,(H,22,25)(H,23,24,26). The smallest absolute Gasteiger partial charge is 0.258 e. The molecule has 0 spiro atoms. The highest BCUT2D eigenvalue weighted by Crippen LogP contribution is 2.17. The summed E-state index contributed by atoms with van der Waals surface area (Å²) in [6.45, 7) is 0.684. The number of benzene rings is 2. The molecule has 0 atom stereocenters. The number of carbonyl (C=O) groups is 1. The van der Waals surface area contributed by atoms with Gasteiger partial charge in [0, 0.05) is 24.3 Å². The molecule has 5 nitrogen and oxygen atoms in total. The molecule has 0 saturated heterocycles. The second-order valence-electron chi connectivity index (χ2n) is 6.25. The Balaban J connectivity index is 1.34. The molecule has 0 aliphatic rings. The summed E-state index contributed by atoms with van der Waals surface area (Å²) in [5.41, 5.74) is 0.563. The van der Waals surface area contributed by atoms with Crippen molar-refractivity contribution in [3.8, 4) is 0 Å². The van der Waals surface area contributed by atoms with Crippen molar-refractivity contribution in [3.05, 3.63) is 70.8 Å². The average Bonchev–Trinajstić information content (AvgIpc) is 2.69. The number of aromatic nitrogens is 2. The number of aryl methyl sites for hydroxylation is 1. The van der Waals surface area contributed by atoms with Gasteiger partial charge >= 0.3 is 0 Å². The van der Waals surface area contributed by atoms with Gasteiger partial charge in [0.2, 0.25) is 5.91 Å². The van der Waals surface area contributed by atoms with E-state index in [0.29, 0.717) is 42.5 Å². The molecule has 3 aromatic rings. The Morgan fingerprint density at radius 1 is 1.04 bits per heavy atom. The minimum Gasteiger partial charge on any atom is -0.356 e. The van der Waals surface area contributed by atoms with Crippen molar-refractivity contribution in [2.45, 2.75) is 30.6 Å². The van der Waals surface area contributed by atoms with Gasteiger partial charge < -0.3 is 10.3 Å². The van der Waals surface area contributed by atoms with E-state index < -0.39 is 0 Å². The third-order valence-electron chi connectivity index (χ3n) is 4.13. The molecule has 0 radical (unpaired) electrons. The van der Waals surface area contributed by atoms with E-state index in [1.165, 1.54) is 4.90 Å². The Morgan fingerprint density at radius 3 is 2.67 bits per heavy atom. The van der Waals surface area contributed by atoms with Crippen molar-refractivity contribution in [1.82, 2.24) is 15.3 Å². The van der Waals surface area contributed by atoms with Crippen molar-refractivity contribution in [2.24, 2.45) is 0 Å². The van der Waals surface area contributed by atoms with Crippen molar-refractivity contribution < 1.29 is 4.79 Å². The Bertz CT molecular complexity index is 941. The predicted octanol–water partition coefficient (Wildman–Crippen LogP) is 3.54. The van der Waals surface area contributed by atoms with Crippen LogP contribution in [0.2, 0.25) is 0 Å². The van der Waals surface area contributed by atoms with E-state index in [0.717, 1.165) is 12.2 Å². The highest BCUT2D eigenvalue weighted by Gasteiger charge is 2.05. The first-order valence-electron chi connectivity index (χ1n) is 9.15. The van der Waals surface area contributed by atoms with Gasteiger partial charge in [-0.1, -0.05) is 30.3 Å². The van der Waals surface area contributed by atoms with Crippen LogP contribution in [-0.4, -0.2) is 28.2 Å². The van der Waals surface area contributed by atoms with Crippen LogP contribution in [0.4, 0.5) is 0 Å². The third kappa shape index (κ3) is 5.96. The minimum atomic E-state index is -0.129. The van der Waals surface area contributed by atoms with Gasteiger partial charge in [-0.25, -0.2) is 4.98 Å². The fourth-order valence-corrected chi connectivity index (χ4v) is 3.64. The maximum absolute atomic E-state index is 12.0. The van der Waals surface area contributed by atoms with Crippen molar-refractivity contribution in [2.75, 3.05) is 12.3 Å². The SMILES string of the molecule is O=C(CCCc1nc2ccccc2c(=O)[nH]1)NCCCSc1ccccc1. The zero-order valence-electron chi connectivity index (χ0n) is 15.1. The molecule has 0 bridgehead atoms. The van der Waals surface area contributed by atoms with Gasteiger partial charge in [0.15, 0.2) is 0 Å². The molecular formula is C21H23N3O2S. The molecule has 1 heterocycles. The van der Waals surface area contributed by atoms with E-state index in [1.807, 2.05) is 36.4 Å². The number of rotatable bonds is 9. The molecule has 0 saturated carbocycles. The van der Waals surface area contributed by atoms with Crippen LogP contribution >= 0.6 is 11.8 Å². The number of fused-ring (bicyclic) bond motifs is 1. The predicted molar refractivity (Wildman–Crippen MR) is 110 cm³/mol. The largest absolute Gasteiger partial charge is 0.356 e. The fourth-order valence-electron chi connectivity index (χ4n) is 2.76. The monoisotopic (exact) mass is 381 g/mol. The van der Waals surface area contributed by atoms with E-state index in [-0.39, 0.29) is 11.5 Å². The Kier molecular flexibility index (Phi) is 7.04. The summed E-state index contributed by atoms with van der Waals surface area (Å²) in [6, 6.07) is 17.5. The number of carbonyl (C=O) groups excluding carboxylic acids is 1. The van der Waals surface area contributed by atoms with E-state index in [9.17, 15) is 9.59 Å². The summed E-state index contributed by atoms with van der Waals surface area (Å²) in [4.78, 5) is 32.5. The first-order chi connectivity index (χ1) is 13.2. The molecule has 0 aliphatic heterocycles. The van der Waals surface area contributed by atoms with Crippen LogP contribution in [0.5, 0.6) is 0 Å². The Morgan fingerprint density at radius 2 is 1.81 bits per heavy atom. The van der Waals surface area contributed by atoms with E-state index in [2.05, 4.69) is 27.4 Å². The van der Waals surface area contributed by atoms with Crippen LogP contribution in [0.15, 0.2) is 64.3 Å². The molecule has 3 rings (SSSR count). The lowest BCUT2D eigenvalue weighted by atomic mass is 10.2. The van der Waals surface area contributed by atoms with Gasteiger partial charge in [-0.15, -0.1) is 11.8 Å². The topological polar surface area (TPSA) is 74.8 Å². The summed E-state index contributed by atoms with van der Waals surface area (Å²) in [7, 11) is 0. The van der Waals surface area contributed by atoms with Crippen molar-refractivity contribution >= 4 is 28.6 Å². The normalized spacial score (nSPS) is 10.8. The highest BCUT2D eigenvalue weighted by molar-refractivity contribution is 7.99. The molecule has 6 heteroatoms. The van der Waals surface area contributed by atoms with Crippen LogP contribution < -0.4 is 10.9 Å². The molecule has 0 aliphatic carbocycles. The zero-order valence-corrected chi connectivity index (χ0v) is 15.9. The highest BCUT2D eigenvalue weighted by atomic mass is 32.2. The van der Waals surface area contributed by atoms with Crippen LogP contribution in [0.3, 0.4) is 0 Å². The van der Waals surface area contributed by atoms with Gasteiger partial charge in [-0.2, -0.15) is 0 Å². The Labute approximate surface area is 162 Å². The molecule has 0 unspecified atom stereocenters. The van der Waals surface area contributed by atoms with Gasteiger partial charge in [0.1, 0.15) is 5.82 Å². The molecule has 27 heavy (non-hydrogen) atoms. The number of thioether (sulfide) groups is 1. The molecule has 140 valence electrons. The maximum Gasteiger partial charge on any atom is 0.258 e. The summed E-state index contributed by atoms with van der Waals surface area (Å²) < 4.78 is 0. The minimum absolute atomic E-state index is 0.0443. The number of hydrogen-bond acceptors (Lipinski definition) is 4. The van der Waals surface area contributed by atoms with Crippen LogP contribution in [0.25, 0.3) is 10.9 Å². The average molecular weight is 382 g/mol. The van der Waals surface area contributed by atoms with Gasteiger partial charge in [-0.3, -0.25) is 9.59 Å². The van der Waals surface area contributed by atoms with Gasteiger partial charge in [-0.05, 0) is 42.9 Å². The number of H-pyrrole nitrogens is 1. The summed E-state index contributed by atoms with van der Waals surface area (Å²) in [5.74, 6) is 1.65. The molecule has 2 aromatic carbocycles. The number of nitrogens with zero attached hydrogens (tertiary/aromatic N) is 1. The quantitative estimate of drug-likeness (QED) is 0.439. The van der Waals surface area contributed by atoms with Crippen molar-refractivity contribution in [3.63, 3.8) is 0 Å². The lowest BCUT2D eigenvalue weighted by molar-refractivity contribution is -0.121. The lowest BCUT2D eigenvalue weighted by Gasteiger charge is -2.06. The fraction of sp³-hybridized carbons (Fsp3) is 0.286. The molecule has 0 fully saturated rings. The third-order valence-corrected chi connectivity index (χ3v) is 5.23. The molecule has 2 N–H and O–H groups in total. The maximum atomic E-state index is 12.0. The first-order valence-corrected chi connectivity index (χ1v) is 10.1. The molecule has 1 aromatic heterocycles. The molecule has 1 amide bonds. The van der Waals surface area contributed by atoms with Gasteiger partial charge in [0.25, 0.3) is 5.56 Å². The second-order valence-corrected chi connectivity index (χ2v) is 7.42. The summed E-state index contributed by atoms with van der Waals surface area (Å²) >= 11 is 1.80. The number of amides is 1. The number of hydrogen-bond donors (Lipinski definition) is 2. The number of para-hydroxylation sites is 1. The van der Waals surface area contributed by atoms with Crippen LogP contribution in [0, 0.1) is 0 Å². The zero-order chi connectivity index (χ0) is 18.9. The van der Waals surface area contributed by atoms with Crippen LogP contribution in [-0.2, 0) is 11.2 Å². The van der Waals surface area contributed by atoms with Crippen LogP contribution in [0.1, 0.15) is 25.1 Å². The summed E-state index contributed by atoms with van der Waals surface area (Å²) in [5, 5.41) is 3.54. The second kappa shape index (κ2) is 9.92. The Hall–Kier alpha value is -2.60. The summed E-state index contributed by atoms with van der Waals surface area (Å²) in [6.07, 6.45) is 2.61. The van der Waals surface area contributed by atoms with E-state index >= 15 is 0 Å². The first kappa shape index (κ1) is 19.2. The van der Waals surface area contributed by atoms with Gasteiger partial charge in [0.05, 0.1) is 10.9 Å². The lowest BCUT2D eigenvalue weighted by Crippen LogP contribution is -2.24. The number of aromatic amines is 1. The number of nitrogens with one attached hydrogen (secondary N) is 2. The van der Waals surface area contributed by atoms with E-state index in [4.69, 9.17) is 0 Å². The van der Waals surface area contributed by atoms with Crippen molar-refractivity contribution in [1.29, 1.82) is 0 Å².